The molecule has 0 aliphatic heterocycles. The molecular formula is C20H31IO2. The van der Waals surface area contributed by atoms with E-state index >= 15 is 0 Å². The summed E-state index contributed by atoms with van der Waals surface area (Å²) in [5, 5.41) is 0. The van der Waals surface area contributed by atoms with Crippen molar-refractivity contribution < 1.29 is 9.53 Å². The standard InChI is InChI=1S/C20H31IO2/c1-4-19(3,21)18(22)23-20(5-2)11-14-10-15(20)17-13-8-6-12(7-9-13)16(14)17/h12-17H,4-11H2,1-3H3. The van der Waals surface area contributed by atoms with E-state index in [0.717, 1.165) is 48.9 Å². The second-order valence-electron chi connectivity index (χ2n) is 8.99. The summed E-state index contributed by atoms with van der Waals surface area (Å²) in [7, 11) is 0. The Morgan fingerprint density at radius 2 is 1.74 bits per heavy atom. The van der Waals surface area contributed by atoms with Gasteiger partial charge in [-0.05, 0) is 87.9 Å². The van der Waals surface area contributed by atoms with E-state index in [1.807, 2.05) is 6.92 Å². The second kappa shape index (κ2) is 5.60. The summed E-state index contributed by atoms with van der Waals surface area (Å²) in [5.74, 6) is 5.31. The molecule has 5 aliphatic carbocycles. The molecule has 23 heavy (non-hydrogen) atoms. The van der Waals surface area contributed by atoms with Crippen molar-refractivity contribution in [2.45, 2.75) is 81.2 Å². The van der Waals surface area contributed by atoms with Crippen molar-refractivity contribution >= 4 is 28.6 Å². The molecule has 6 atom stereocenters. The molecule has 0 aromatic heterocycles. The van der Waals surface area contributed by atoms with Gasteiger partial charge in [0.15, 0.2) is 0 Å². The van der Waals surface area contributed by atoms with Crippen LogP contribution in [0.25, 0.3) is 0 Å². The lowest BCUT2D eigenvalue weighted by molar-refractivity contribution is -0.180. The van der Waals surface area contributed by atoms with Crippen LogP contribution in [-0.4, -0.2) is 15.0 Å². The Labute approximate surface area is 154 Å². The van der Waals surface area contributed by atoms with Gasteiger partial charge < -0.3 is 4.74 Å². The Bertz CT molecular complexity index is 494. The number of carbonyl (C=O) groups excluding carboxylic acids is 1. The number of rotatable bonds is 4. The molecule has 5 aliphatic rings. The first-order valence-corrected chi connectivity index (χ1v) is 10.9. The number of halogens is 1. The van der Waals surface area contributed by atoms with Gasteiger partial charge in [0, 0.05) is 5.92 Å². The van der Waals surface area contributed by atoms with Crippen LogP contribution in [0.2, 0.25) is 0 Å². The molecule has 0 aromatic carbocycles. The lowest BCUT2D eigenvalue weighted by atomic mass is 9.52. The van der Waals surface area contributed by atoms with E-state index in [1.165, 1.54) is 32.1 Å². The Morgan fingerprint density at radius 3 is 2.30 bits per heavy atom. The molecule has 0 radical (unpaired) electrons. The number of carbonyl (C=O) groups is 1. The zero-order chi connectivity index (χ0) is 16.4. The molecule has 3 heteroatoms. The molecule has 5 saturated carbocycles. The molecule has 5 fully saturated rings. The minimum Gasteiger partial charge on any atom is -0.458 e. The highest BCUT2D eigenvalue weighted by atomic mass is 127. The summed E-state index contributed by atoms with van der Waals surface area (Å²) in [6, 6.07) is 0. The highest BCUT2D eigenvalue weighted by molar-refractivity contribution is 14.1. The molecular weight excluding hydrogens is 399 g/mol. The molecule has 2 nitrogen and oxygen atoms in total. The van der Waals surface area contributed by atoms with E-state index in [9.17, 15) is 4.79 Å². The van der Waals surface area contributed by atoms with Crippen molar-refractivity contribution in [3.05, 3.63) is 0 Å². The summed E-state index contributed by atoms with van der Waals surface area (Å²) in [5.41, 5.74) is -0.137. The van der Waals surface area contributed by atoms with E-state index in [-0.39, 0.29) is 15.0 Å². The fourth-order valence-electron chi connectivity index (χ4n) is 6.89. The smallest absolute Gasteiger partial charge is 0.322 e. The van der Waals surface area contributed by atoms with Crippen molar-refractivity contribution in [1.29, 1.82) is 0 Å². The molecule has 0 spiro atoms. The number of alkyl halides is 1. The molecule has 0 saturated heterocycles. The van der Waals surface area contributed by atoms with E-state index in [4.69, 9.17) is 4.74 Å². The largest absolute Gasteiger partial charge is 0.458 e. The van der Waals surface area contributed by atoms with E-state index in [0.29, 0.717) is 5.92 Å². The average Bonchev–Trinajstić information content (AvgIpc) is 3.14. The molecule has 4 bridgehead atoms. The van der Waals surface area contributed by atoms with Gasteiger partial charge in [-0.15, -0.1) is 0 Å². The Morgan fingerprint density at radius 1 is 1.13 bits per heavy atom. The maximum absolute atomic E-state index is 12.8. The third-order valence-electron chi connectivity index (χ3n) is 8.18. The predicted octanol–water partition coefficient (Wildman–Crippen LogP) is 5.37. The fraction of sp³-hybridized carbons (Fsp3) is 0.950. The maximum atomic E-state index is 12.8. The lowest BCUT2D eigenvalue weighted by Crippen LogP contribution is -2.54. The van der Waals surface area contributed by atoms with Crippen molar-refractivity contribution in [3.8, 4) is 0 Å². The number of hydrogen-bond donors (Lipinski definition) is 0. The van der Waals surface area contributed by atoms with Gasteiger partial charge in [-0.2, -0.15) is 0 Å². The molecule has 5 rings (SSSR count). The SMILES string of the molecule is CCC(C)(I)C(=O)OC1(CC)CC2CC1C1C3CCC(CC3)C21. The highest BCUT2D eigenvalue weighted by Gasteiger charge is 2.66. The zero-order valence-corrected chi connectivity index (χ0v) is 17.0. The molecule has 130 valence electrons. The van der Waals surface area contributed by atoms with Gasteiger partial charge >= 0.3 is 5.97 Å². The van der Waals surface area contributed by atoms with Crippen LogP contribution >= 0.6 is 22.6 Å². The third kappa shape index (κ3) is 2.34. The molecule has 0 heterocycles. The molecule has 0 amide bonds. The maximum Gasteiger partial charge on any atom is 0.322 e. The normalized spacial score (nSPS) is 49.7. The van der Waals surface area contributed by atoms with E-state index < -0.39 is 0 Å². The van der Waals surface area contributed by atoms with Crippen LogP contribution in [0.5, 0.6) is 0 Å². The molecule has 0 aromatic rings. The summed E-state index contributed by atoms with van der Waals surface area (Å²) in [6.07, 6.45) is 10.2. The number of hydrogen-bond acceptors (Lipinski definition) is 2. The highest BCUT2D eigenvalue weighted by Crippen LogP contribution is 2.69. The first-order valence-electron chi connectivity index (χ1n) is 9.84. The zero-order valence-electron chi connectivity index (χ0n) is 14.8. The first-order chi connectivity index (χ1) is 10.9. The van der Waals surface area contributed by atoms with Gasteiger partial charge in [0.2, 0.25) is 0 Å². The third-order valence-corrected chi connectivity index (χ3v) is 9.39. The summed E-state index contributed by atoms with van der Waals surface area (Å²) >= 11 is 2.29. The first kappa shape index (κ1) is 16.7. The average molecular weight is 430 g/mol. The van der Waals surface area contributed by atoms with Crippen LogP contribution < -0.4 is 0 Å². The van der Waals surface area contributed by atoms with Crippen LogP contribution in [0.15, 0.2) is 0 Å². The minimum absolute atomic E-state index is 0.0347. The Balaban J connectivity index is 1.59. The van der Waals surface area contributed by atoms with Crippen molar-refractivity contribution in [2.24, 2.45) is 35.5 Å². The predicted molar refractivity (Wildman–Crippen MR) is 100 cm³/mol. The Kier molecular flexibility index (Phi) is 4.06. The van der Waals surface area contributed by atoms with Crippen molar-refractivity contribution in [2.75, 3.05) is 0 Å². The number of esters is 1. The summed E-state index contributed by atoms with van der Waals surface area (Å²) < 4.78 is 5.98. The van der Waals surface area contributed by atoms with Gasteiger partial charge in [-0.3, -0.25) is 4.79 Å². The van der Waals surface area contributed by atoms with Crippen LogP contribution in [0.4, 0.5) is 0 Å². The number of ether oxygens (including phenoxy) is 1. The Hall–Kier alpha value is 0.200. The topological polar surface area (TPSA) is 26.3 Å². The van der Waals surface area contributed by atoms with Crippen LogP contribution in [0.1, 0.15) is 72.1 Å². The lowest BCUT2D eigenvalue weighted by Gasteiger charge is -2.55. The van der Waals surface area contributed by atoms with Gasteiger partial charge in [0.1, 0.15) is 9.02 Å². The van der Waals surface area contributed by atoms with E-state index in [2.05, 4.69) is 36.4 Å². The van der Waals surface area contributed by atoms with Crippen LogP contribution in [0.3, 0.4) is 0 Å². The van der Waals surface area contributed by atoms with Crippen molar-refractivity contribution in [3.63, 3.8) is 0 Å². The van der Waals surface area contributed by atoms with Gasteiger partial charge in [-0.25, -0.2) is 0 Å². The monoisotopic (exact) mass is 430 g/mol. The second-order valence-corrected chi connectivity index (χ2v) is 11.4. The summed E-state index contributed by atoms with van der Waals surface area (Å²) in [6.45, 7) is 6.36. The number of fused-ring (bicyclic) bond motifs is 4. The minimum atomic E-state index is -0.368. The van der Waals surface area contributed by atoms with Crippen LogP contribution in [-0.2, 0) is 9.53 Å². The fourth-order valence-corrected chi connectivity index (χ4v) is 7.00. The van der Waals surface area contributed by atoms with Gasteiger partial charge in [0.25, 0.3) is 0 Å². The van der Waals surface area contributed by atoms with Crippen molar-refractivity contribution in [1.82, 2.24) is 0 Å². The van der Waals surface area contributed by atoms with Gasteiger partial charge in [-0.1, -0.05) is 36.4 Å². The van der Waals surface area contributed by atoms with Gasteiger partial charge in [0.05, 0.1) is 0 Å². The molecule has 6 unspecified atom stereocenters. The quantitative estimate of drug-likeness (QED) is 0.340. The molecule has 0 N–H and O–H groups in total. The van der Waals surface area contributed by atoms with Crippen LogP contribution in [0, 0.1) is 35.5 Å². The summed E-state index contributed by atoms with van der Waals surface area (Å²) in [4.78, 5) is 12.8. The van der Waals surface area contributed by atoms with E-state index in [1.54, 1.807) is 0 Å².